The average Bonchev–Trinajstić information content (AvgIpc) is 2.66. The minimum atomic E-state index is -4.33. The fraction of sp³-hybridized carbons (Fsp3) is 0. The molecule has 0 unspecified atom stereocenters. The summed E-state index contributed by atoms with van der Waals surface area (Å²) in [5, 5.41) is 21.6. The van der Waals surface area contributed by atoms with Gasteiger partial charge in [-0.1, -0.05) is 48.5 Å². The number of azo groups is 1. The molecule has 0 aromatic heterocycles. The van der Waals surface area contributed by atoms with E-state index in [1.54, 1.807) is 36.4 Å². The van der Waals surface area contributed by atoms with Gasteiger partial charge in [-0.25, -0.2) is 0 Å². The maximum Gasteiger partial charge on any atom is 1.00 e. The smallest absolute Gasteiger partial charge is 1.00 e. The second-order valence-electron chi connectivity index (χ2n) is 5.99. The number of fused-ring (bicyclic) bond motifs is 2. The van der Waals surface area contributed by atoms with Gasteiger partial charge in [-0.3, -0.25) is 4.55 Å². The zero-order chi connectivity index (χ0) is 19.0. The molecule has 0 heterocycles. The van der Waals surface area contributed by atoms with Gasteiger partial charge in [0.05, 0.1) is 10.6 Å². The Hall–Kier alpha value is -2.29. The van der Waals surface area contributed by atoms with Gasteiger partial charge in [0.1, 0.15) is 11.4 Å². The van der Waals surface area contributed by atoms with Crippen LogP contribution in [0.2, 0.25) is 0 Å². The summed E-state index contributed by atoms with van der Waals surface area (Å²) in [5.41, 5.74) is 0.751. The molecule has 4 aromatic rings. The maximum atomic E-state index is 11.4. The summed E-state index contributed by atoms with van der Waals surface area (Å²) in [5.74, 6) is -0.00342. The first-order valence-corrected chi connectivity index (χ1v) is 9.50. The van der Waals surface area contributed by atoms with Crippen LogP contribution < -0.4 is 29.6 Å². The molecular weight excluding hydrogens is 387 g/mol. The zero-order valence-electron chi connectivity index (χ0n) is 15.9. The third-order valence-electron chi connectivity index (χ3n) is 4.27. The van der Waals surface area contributed by atoms with Crippen LogP contribution in [0.3, 0.4) is 0 Å². The molecule has 0 aliphatic heterocycles. The molecule has 28 heavy (non-hydrogen) atoms. The monoisotopic (exact) mass is 402 g/mol. The van der Waals surface area contributed by atoms with Crippen molar-refractivity contribution in [2.45, 2.75) is 4.90 Å². The summed E-state index contributed by atoms with van der Waals surface area (Å²) in [7, 11) is -4.33. The topological polar surface area (TPSA) is 99.3 Å². The number of hydrogen-bond donors (Lipinski definition) is 2. The summed E-state index contributed by atoms with van der Waals surface area (Å²) in [4.78, 5) is -0.217. The molecule has 4 aromatic carbocycles. The Bertz CT molecular complexity index is 1330. The molecule has 6 nitrogen and oxygen atoms in total. The van der Waals surface area contributed by atoms with Crippen LogP contribution in [0.4, 0.5) is 11.4 Å². The number of nitrogens with zero attached hydrogens (tertiary/aromatic N) is 2. The van der Waals surface area contributed by atoms with Gasteiger partial charge in [0.25, 0.3) is 10.1 Å². The number of rotatable bonds is 3. The quantitative estimate of drug-likeness (QED) is 0.312. The third-order valence-corrected chi connectivity index (χ3v) is 5.12. The van der Waals surface area contributed by atoms with Crippen LogP contribution in [-0.4, -0.2) is 18.1 Å². The van der Waals surface area contributed by atoms with Crippen LogP contribution >= 0.6 is 0 Å². The summed E-state index contributed by atoms with van der Waals surface area (Å²) >= 11 is 0. The predicted octanol–water partition coefficient (Wildman–Crippen LogP) is 2.48. The second-order valence-corrected chi connectivity index (χ2v) is 7.41. The van der Waals surface area contributed by atoms with Gasteiger partial charge in [-0.15, -0.1) is 10.2 Å². The SMILES string of the molecule is O=S(=O)(O)c1ccc2cccc(N=Nc3c(O)ccc4ccccc34)c2c1.[H-].[Na+]. The normalized spacial score (nSPS) is 11.8. The Morgan fingerprint density at radius 1 is 0.786 bits per heavy atom. The van der Waals surface area contributed by atoms with Gasteiger partial charge in [-0.2, -0.15) is 8.42 Å². The molecule has 0 aliphatic rings. The van der Waals surface area contributed by atoms with Crippen molar-refractivity contribution in [2.24, 2.45) is 10.2 Å². The van der Waals surface area contributed by atoms with E-state index < -0.39 is 10.1 Å². The van der Waals surface area contributed by atoms with Crippen LogP contribution in [0.5, 0.6) is 5.75 Å². The Labute approximate surface area is 185 Å². The van der Waals surface area contributed by atoms with Gasteiger partial charge in [-0.05, 0) is 35.0 Å². The molecule has 0 aliphatic carbocycles. The van der Waals surface area contributed by atoms with E-state index in [2.05, 4.69) is 10.2 Å². The number of phenols is 1. The number of phenolic OH excluding ortho intramolecular Hbond substituents is 1. The van der Waals surface area contributed by atoms with Crippen molar-refractivity contribution in [3.05, 3.63) is 72.8 Å². The molecule has 0 saturated heterocycles. The predicted molar refractivity (Wildman–Crippen MR) is 105 cm³/mol. The molecule has 0 spiro atoms. The summed E-state index contributed by atoms with van der Waals surface area (Å²) in [6.07, 6.45) is 0. The first kappa shape index (κ1) is 20.4. The van der Waals surface area contributed by atoms with Crippen molar-refractivity contribution in [3.8, 4) is 5.75 Å². The minimum Gasteiger partial charge on any atom is -1.00 e. The fourth-order valence-electron chi connectivity index (χ4n) is 2.94. The molecule has 8 heteroatoms. The van der Waals surface area contributed by atoms with Gasteiger partial charge in [0.15, 0.2) is 0 Å². The van der Waals surface area contributed by atoms with Crippen LogP contribution in [-0.2, 0) is 10.1 Å². The Kier molecular flexibility index (Phi) is 5.83. The molecule has 0 radical (unpaired) electrons. The van der Waals surface area contributed by atoms with E-state index in [1.165, 1.54) is 12.1 Å². The largest absolute Gasteiger partial charge is 1.00 e. The standard InChI is InChI=1S/C20H14N2O4S.Na.H/c23-19-11-9-13-4-1-2-6-16(13)20(19)22-21-18-7-3-5-14-8-10-15(12-17(14)18)27(24,25)26;;/h1-12,23H,(H,24,25,26);;/q;+1;-1. The Morgan fingerprint density at radius 2 is 1.46 bits per heavy atom. The fourth-order valence-corrected chi connectivity index (χ4v) is 3.44. The van der Waals surface area contributed by atoms with Gasteiger partial charge < -0.3 is 6.53 Å². The summed E-state index contributed by atoms with van der Waals surface area (Å²) in [6, 6.07) is 20.3. The molecular formula is C20H15N2NaO4S. The number of benzene rings is 4. The van der Waals surface area contributed by atoms with E-state index >= 15 is 0 Å². The maximum absolute atomic E-state index is 11.4. The molecule has 0 amide bonds. The Morgan fingerprint density at radius 3 is 2.25 bits per heavy atom. The third kappa shape index (κ3) is 3.94. The van der Waals surface area contributed by atoms with Gasteiger partial charge >= 0.3 is 29.6 Å². The molecule has 136 valence electrons. The van der Waals surface area contributed by atoms with Crippen LogP contribution in [0, 0.1) is 0 Å². The molecule has 0 saturated carbocycles. The molecule has 0 atom stereocenters. The van der Waals surface area contributed by atoms with E-state index in [9.17, 15) is 18.1 Å². The molecule has 0 bridgehead atoms. The van der Waals surface area contributed by atoms with E-state index in [1.807, 2.05) is 24.3 Å². The van der Waals surface area contributed by atoms with Crippen molar-refractivity contribution >= 4 is 43.0 Å². The first-order valence-electron chi connectivity index (χ1n) is 8.06. The van der Waals surface area contributed by atoms with Crippen molar-refractivity contribution in [1.29, 1.82) is 0 Å². The minimum absolute atomic E-state index is 0. The van der Waals surface area contributed by atoms with Crippen molar-refractivity contribution < 1.29 is 49.1 Å². The van der Waals surface area contributed by atoms with E-state index in [-0.39, 0.29) is 41.6 Å². The summed E-state index contributed by atoms with van der Waals surface area (Å²) in [6.45, 7) is 0. The van der Waals surface area contributed by atoms with Crippen molar-refractivity contribution in [3.63, 3.8) is 0 Å². The van der Waals surface area contributed by atoms with E-state index in [0.29, 0.717) is 16.8 Å². The molecule has 4 rings (SSSR count). The molecule has 0 fully saturated rings. The van der Waals surface area contributed by atoms with Crippen LogP contribution in [0.15, 0.2) is 87.9 Å². The molecule has 2 N–H and O–H groups in total. The average molecular weight is 402 g/mol. The number of aromatic hydroxyl groups is 1. The van der Waals surface area contributed by atoms with Crippen molar-refractivity contribution in [1.82, 2.24) is 0 Å². The number of hydrogen-bond acceptors (Lipinski definition) is 5. The van der Waals surface area contributed by atoms with Crippen molar-refractivity contribution in [2.75, 3.05) is 0 Å². The van der Waals surface area contributed by atoms with E-state index in [4.69, 9.17) is 0 Å². The first-order chi connectivity index (χ1) is 12.9. The Balaban J connectivity index is 0.00000150. The summed E-state index contributed by atoms with van der Waals surface area (Å²) < 4.78 is 32.1. The van der Waals surface area contributed by atoms with E-state index in [0.717, 1.165) is 16.2 Å². The second kappa shape index (κ2) is 7.98. The van der Waals surface area contributed by atoms with Crippen LogP contribution in [0.25, 0.3) is 21.5 Å². The zero-order valence-corrected chi connectivity index (χ0v) is 17.8. The van der Waals surface area contributed by atoms with Gasteiger partial charge in [0, 0.05) is 10.8 Å². The van der Waals surface area contributed by atoms with Crippen LogP contribution in [0.1, 0.15) is 1.43 Å². The van der Waals surface area contributed by atoms with Gasteiger partial charge in [0.2, 0.25) is 0 Å².